The van der Waals surface area contributed by atoms with Crippen LogP contribution < -0.4 is 5.73 Å². The van der Waals surface area contributed by atoms with Crippen LogP contribution in [0.25, 0.3) is 11.0 Å². The molecule has 0 spiro atoms. The Kier molecular flexibility index (Phi) is 3.84. The molecule has 0 bridgehead atoms. The number of aryl methyl sites for hydroxylation is 1. The first-order valence-corrected chi connectivity index (χ1v) is 7.54. The first kappa shape index (κ1) is 14.0. The zero-order valence-corrected chi connectivity index (χ0v) is 12.8. The van der Waals surface area contributed by atoms with E-state index in [-0.39, 0.29) is 0 Å². The minimum Gasteiger partial charge on any atom is -0.399 e. The van der Waals surface area contributed by atoms with Crippen LogP contribution in [-0.2, 0) is 13.0 Å². The number of imidazole rings is 1. The highest BCUT2D eigenvalue weighted by atomic mass is 35.5. The summed E-state index contributed by atoms with van der Waals surface area (Å²) in [5.41, 5.74) is 9.92. The van der Waals surface area contributed by atoms with Gasteiger partial charge < -0.3 is 10.3 Å². The van der Waals surface area contributed by atoms with Crippen molar-refractivity contribution in [2.75, 3.05) is 5.73 Å². The first-order chi connectivity index (χ1) is 10.2. The Bertz CT molecular complexity index is 760. The van der Waals surface area contributed by atoms with E-state index >= 15 is 0 Å². The van der Waals surface area contributed by atoms with E-state index < -0.39 is 0 Å². The molecule has 1 aromatic heterocycles. The first-order valence-electron chi connectivity index (χ1n) is 7.16. The molecular weight excluding hydrogens is 282 g/mol. The monoisotopic (exact) mass is 299 g/mol. The van der Waals surface area contributed by atoms with Crippen LogP contribution in [0.4, 0.5) is 5.69 Å². The zero-order valence-electron chi connectivity index (χ0n) is 12.0. The number of rotatable bonds is 4. The summed E-state index contributed by atoms with van der Waals surface area (Å²) in [6.45, 7) is 2.97. The number of fused-ring (bicyclic) bond motifs is 1. The Morgan fingerprint density at radius 2 is 1.90 bits per heavy atom. The number of halogens is 1. The van der Waals surface area contributed by atoms with Gasteiger partial charge in [-0.05, 0) is 42.3 Å². The number of nitrogens with zero attached hydrogens (tertiary/aromatic N) is 2. The second kappa shape index (κ2) is 5.78. The molecule has 3 nitrogen and oxygen atoms in total. The molecule has 0 saturated carbocycles. The molecule has 0 atom stereocenters. The van der Waals surface area contributed by atoms with E-state index in [2.05, 4.69) is 23.6 Å². The van der Waals surface area contributed by atoms with E-state index in [1.807, 2.05) is 30.3 Å². The van der Waals surface area contributed by atoms with Crippen LogP contribution >= 0.6 is 11.6 Å². The van der Waals surface area contributed by atoms with Crippen LogP contribution in [0, 0.1) is 0 Å². The summed E-state index contributed by atoms with van der Waals surface area (Å²) in [7, 11) is 0. The average molecular weight is 300 g/mol. The Morgan fingerprint density at radius 1 is 1.14 bits per heavy atom. The number of hydrogen-bond donors (Lipinski definition) is 1. The summed E-state index contributed by atoms with van der Waals surface area (Å²) in [6.07, 6.45) is 2.03. The van der Waals surface area contributed by atoms with Gasteiger partial charge in [-0.2, -0.15) is 0 Å². The fraction of sp³-hybridized carbons (Fsp3) is 0.235. The predicted molar refractivity (Wildman–Crippen MR) is 88.7 cm³/mol. The van der Waals surface area contributed by atoms with Crippen LogP contribution in [0.1, 0.15) is 24.7 Å². The van der Waals surface area contributed by atoms with Gasteiger partial charge in [-0.1, -0.05) is 30.7 Å². The third kappa shape index (κ3) is 2.88. The molecule has 4 heteroatoms. The molecule has 2 N–H and O–H groups in total. The molecule has 0 saturated heterocycles. The molecule has 21 heavy (non-hydrogen) atoms. The topological polar surface area (TPSA) is 43.8 Å². The minimum absolute atomic E-state index is 0.752. The number of nitrogen functional groups attached to an aromatic ring is 1. The fourth-order valence-corrected chi connectivity index (χ4v) is 2.69. The maximum absolute atomic E-state index is 5.95. The standard InChI is InChI=1S/C17H18ClN3/c1-2-3-17-20-15-10-14(19)8-9-16(15)21(17)11-12-4-6-13(18)7-5-12/h4-10H,2-3,11,19H2,1H3. The maximum Gasteiger partial charge on any atom is 0.110 e. The smallest absolute Gasteiger partial charge is 0.110 e. The quantitative estimate of drug-likeness (QED) is 0.731. The summed E-state index contributed by atoms with van der Waals surface area (Å²) in [5, 5.41) is 0.760. The second-order valence-corrected chi connectivity index (χ2v) is 5.68. The second-order valence-electron chi connectivity index (χ2n) is 5.24. The molecule has 0 aliphatic carbocycles. The average Bonchev–Trinajstić information content (AvgIpc) is 2.79. The summed E-state index contributed by atoms with van der Waals surface area (Å²) >= 11 is 5.95. The van der Waals surface area contributed by atoms with Crippen molar-refractivity contribution in [1.82, 2.24) is 9.55 Å². The molecule has 0 amide bonds. The van der Waals surface area contributed by atoms with Gasteiger partial charge >= 0.3 is 0 Å². The van der Waals surface area contributed by atoms with Crippen molar-refractivity contribution in [3.05, 3.63) is 58.9 Å². The molecule has 0 fully saturated rings. The Hall–Kier alpha value is -2.00. The summed E-state index contributed by atoms with van der Waals surface area (Å²) < 4.78 is 2.27. The zero-order chi connectivity index (χ0) is 14.8. The Labute approximate surface area is 129 Å². The van der Waals surface area contributed by atoms with Crippen molar-refractivity contribution in [1.29, 1.82) is 0 Å². The summed E-state index contributed by atoms with van der Waals surface area (Å²) in [5.74, 6) is 1.10. The highest BCUT2D eigenvalue weighted by molar-refractivity contribution is 6.30. The molecule has 3 aromatic rings. The number of anilines is 1. The largest absolute Gasteiger partial charge is 0.399 e. The predicted octanol–water partition coefficient (Wildman–Crippen LogP) is 4.27. The van der Waals surface area contributed by atoms with Crippen molar-refractivity contribution in [2.24, 2.45) is 0 Å². The number of hydrogen-bond acceptors (Lipinski definition) is 2. The van der Waals surface area contributed by atoms with Gasteiger partial charge in [0.05, 0.1) is 11.0 Å². The molecule has 0 radical (unpaired) electrons. The third-order valence-corrected chi connectivity index (χ3v) is 3.83. The molecular formula is C17H18ClN3. The molecule has 2 aromatic carbocycles. The molecule has 0 aliphatic heterocycles. The van der Waals surface area contributed by atoms with Crippen molar-refractivity contribution in [2.45, 2.75) is 26.3 Å². The maximum atomic E-state index is 5.95. The van der Waals surface area contributed by atoms with Crippen molar-refractivity contribution >= 4 is 28.3 Å². The number of aromatic nitrogens is 2. The molecule has 1 heterocycles. The van der Waals surface area contributed by atoms with E-state index in [1.165, 1.54) is 5.56 Å². The highest BCUT2D eigenvalue weighted by Crippen LogP contribution is 2.22. The SMILES string of the molecule is CCCc1nc2cc(N)ccc2n1Cc1ccc(Cl)cc1. The van der Waals surface area contributed by atoms with Gasteiger partial charge in [0.2, 0.25) is 0 Å². The van der Waals surface area contributed by atoms with Crippen LogP contribution in [0.3, 0.4) is 0 Å². The van der Waals surface area contributed by atoms with Crippen LogP contribution in [0.5, 0.6) is 0 Å². The lowest BCUT2D eigenvalue weighted by molar-refractivity contribution is 0.722. The fourth-order valence-electron chi connectivity index (χ4n) is 2.56. The Balaban J connectivity index is 2.06. The molecule has 0 aliphatic rings. The number of benzene rings is 2. The van der Waals surface area contributed by atoms with Crippen LogP contribution in [-0.4, -0.2) is 9.55 Å². The van der Waals surface area contributed by atoms with E-state index in [0.29, 0.717) is 0 Å². The van der Waals surface area contributed by atoms with Gasteiger partial charge in [-0.25, -0.2) is 4.98 Å². The lowest BCUT2D eigenvalue weighted by atomic mass is 10.2. The van der Waals surface area contributed by atoms with Gasteiger partial charge in [-0.3, -0.25) is 0 Å². The highest BCUT2D eigenvalue weighted by Gasteiger charge is 2.10. The normalized spacial score (nSPS) is 11.1. The van der Waals surface area contributed by atoms with Gasteiger partial charge in [0.1, 0.15) is 5.82 Å². The molecule has 108 valence electrons. The number of nitrogens with two attached hydrogens (primary N) is 1. The molecule has 0 unspecified atom stereocenters. The van der Waals surface area contributed by atoms with E-state index in [9.17, 15) is 0 Å². The minimum atomic E-state index is 0.752. The van der Waals surface area contributed by atoms with Crippen LogP contribution in [0.2, 0.25) is 5.02 Å². The van der Waals surface area contributed by atoms with E-state index in [1.54, 1.807) is 0 Å². The van der Waals surface area contributed by atoms with E-state index in [0.717, 1.165) is 47.0 Å². The van der Waals surface area contributed by atoms with Gasteiger partial charge in [0.15, 0.2) is 0 Å². The van der Waals surface area contributed by atoms with Crippen molar-refractivity contribution in [3.63, 3.8) is 0 Å². The third-order valence-electron chi connectivity index (χ3n) is 3.58. The summed E-state index contributed by atoms with van der Waals surface area (Å²) in [6, 6.07) is 13.9. The van der Waals surface area contributed by atoms with Gasteiger partial charge in [-0.15, -0.1) is 0 Å². The van der Waals surface area contributed by atoms with E-state index in [4.69, 9.17) is 22.3 Å². The van der Waals surface area contributed by atoms with Crippen LogP contribution in [0.15, 0.2) is 42.5 Å². The lowest BCUT2D eigenvalue weighted by Gasteiger charge is -2.09. The molecule has 3 rings (SSSR count). The van der Waals surface area contributed by atoms with Crippen molar-refractivity contribution in [3.8, 4) is 0 Å². The Morgan fingerprint density at radius 3 is 2.62 bits per heavy atom. The van der Waals surface area contributed by atoms with Gasteiger partial charge in [0, 0.05) is 23.7 Å². The van der Waals surface area contributed by atoms with Crippen molar-refractivity contribution < 1.29 is 0 Å². The summed E-state index contributed by atoms with van der Waals surface area (Å²) in [4.78, 5) is 4.73. The van der Waals surface area contributed by atoms with Gasteiger partial charge in [0.25, 0.3) is 0 Å². The lowest BCUT2D eigenvalue weighted by Crippen LogP contribution is -2.05.